The fourth-order valence-electron chi connectivity index (χ4n) is 1.73. The fourth-order valence-corrected chi connectivity index (χ4v) is 1.73. The molecule has 0 bridgehead atoms. The van der Waals surface area contributed by atoms with E-state index in [0.29, 0.717) is 0 Å². The average molecular weight is 139 g/mol. The molecular weight excluding hydrogens is 120 g/mol. The van der Waals surface area contributed by atoms with E-state index in [4.69, 9.17) is 0 Å². The molecule has 0 amide bonds. The Bertz CT molecular complexity index is 86.2. The number of rotatable bonds is 1. The quantitative estimate of drug-likeness (QED) is 0.523. The molecule has 1 aliphatic rings. The molecule has 1 rings (SSSR count). The minimum atomic E-state index is 0.884. The minimum Gasteiger partial charge on any atom is -0.0625 e. The Morgan fingerprint density at radius 1 is 1.30 bits per heavy atom. The minimum absolute atomic E-state index is 0.884. The predicted molar refractivity (Wildman–Crippen MR) is 45.6 cm³/mol. The summed E-state index contributed by atoms with van der Waals surface area (Å²) in [5.41, 5.74) is 0. The van der Waals surface area contributed by atoms with Crippen molar-refractivity contribution in [2.45, 2.75) is 40.0 Å². The highest BCUT2D eigenvalue weighted by Gasteiger charge is 2.20. The Morgan fingerprint density at radius 3 is 2.40 bits per heavy atom. The number of hydrogen-bond acceptors (Lipinski definition) is 0. The van der Waals surface area contributed by atoms with Gasteiger partial charge in [-0.3, -0.25) is 0 Å². The molecule has 1 fully saturated rings. The molecule has 59 valence electrons. The van der Waals surface area contributed by atoms with E-state index in [-0.39, 0.29) is 0 Å². The van der Waals surface area contributed by atoms with Gasteiger partial charge in [0.2, 0.25) is 0 Å². The molecule has 0 heterocycles. The van der Waals surface area contributed by atoms with Crippen molar-refractivity contribution >= 4 is 0 Å². The molecule has 2 unspecified atom stereocenters. The van der Waals surface area contributed by atoms with Crippen LogP contribution in [0, 0.1) is 24.2 Å². The van der Waals surface area contributed by atoms with Crippen LogP contribution in [0.3, 0.4) is 0 Å². The van der Waals surface area contributed by atoms with Gasteiger partial charge in [-0.1, -0.05) is 27.2 Å². The van der Waals surface area contributed by atoms with Crippen LogP contribution in [0.2, 0.25) is 0 Å². The van der Waals surface area contributed by atoms with Crippen molar-refractivity contribution in [3.8, 4) is 0 Å². The van der Waals surface area contributed by atoms with Crippen LogP contribution in [0.25, 0.3) is 0 Å². The maximum atomic E-state index is 2.49. The van der Waals surface area contributed by atoms with Crippen molar-refractivity contribution in [3.05, 3.63) is 6.42 Å². The molecule has 2 atom stereocenters. The molecule has 0 spiro atoms. The second kappa shape index (κ2) is 3.41. The Balaban J connectivity index is 2.26. The summed E-state index contributed by atoms with van der Waals surface area (Å²) in [5, 5.41) is 0. The zero-order valence-electron chi connectivity index (χ0n) is 7.43. The monoisotopic (exact) mass is 139 g/mol. The lowest BCUT2D eigenvalue weighted by atomic mass is 9.78. The molecule has 0 N–H and O–H groups in total. The highest BCUT2D eigenvalue weighted by atomic mass is 14.3. The van der Waals surface area contributed by atoms with Crippen molar-refractivity contribution in [2.75, 3.05) is 0 Å². The standard InChI is InChI=1S/C10H19/c1-8(2)10-6-4-9(3)5-7-10/h4,8-10H,5-7H2,1-3H3. The second-order valence-corrected chi connectivity index (χ2v) is 4.03. The van der Waals surface area contributed by atoms with E-state index in [1.54, 1.807) is 0 Å². The van der Waals surface area contributed by atoms with Gasteiger partial charge in [0.25, 0.3) is 0 Å². The SMILES string of the molecule is CC1[CH]CC(C(C)C)CC1. The van der Waals surface area contributed by atoms with Gasteiger partial charge in [0.15, 0.2) is 0 Å². The zero-order valence-corrected chi connectivity index (χ0v) is 7.43. The molecule has 0 aromatic heterocycles. The Morgan fingerprint density at radius 2 is 2.00 bits per heavy atom. The third-order valence-electron chi connectivity index (χ3n) is 2.78. The van der Waals surface area contributed by atoms with Crippen LogP contribution < -0.4 is 0 Å². The van der Waals surface area contributed by atoms with Gasteiger partial charge < -0.3 is 0 Å². The van der Waals surface area contributed by atoms with Crippen LogP contribution in [0.15, 0.2) is 0 Å². The van der Waals surface area contributed by atoms with Crippen molar-refractivity contribution < 1.29 is 0 Å². The fraction of sp³-hybridized carbons (Fsp3) is 0.900. The lowest BCUT2D eigenvalue weighted by molar-refractivity contribution is 0.283. The Kier molecular flexibility index (Phi) is 2.76. The van der Waals surface area contributed by atoms with Crippen LogP contribution in [-0.2, 0) is 0 Å². The Hall–Kier alpha value is 0. The van der Waals surface area contributed by atoms with E-state index in [1.165, 1.54) is 19.3 Å². The molecule has 1 radical (unpaired) electrons. The first-order valence-electron chi connectivity index (χ1n) is 4.53. The molecule has 0 heteroatoms. The van der Waals surface area contributed by atoms with E-state index >= 15 is 0 Å². The highest BCUT2D eigenvalue weighted by Crippen LogP contribution is 2.31. The lowest BCUT2D eigenvalue weighted by Crippen LogP contribution is -2.17. The maximum absolute atomic E-state index is 2.49. The van der Waals surface area contributed by atoms with Gasteiger partial charge in [-0.25, -0.2) is 0 Å². The molecular formula is C10H19. The molecule has 0 nitrogen and oxygen atoms in total. The van der Waals surface area contributed by atoms with Crippen molar-refractivity contribution in [1.82, 2.24) is 0 Å². The average Bonchev–Trinajstić information content (AvgIpc) is 1.88. The topological polar surface area (TPSA) is 0 Å². The summed E-state index contributed by atoms with van der Waals surface area (Å²) in [6.07, 6.45) is 6.73. The van der Waals surface area contributed by atoms with Gasteiger partial charge in [0, 0.05) is 0 Å². The van der Waals surface area contributed by atoms with Gasteiger partial charge in [-0.15, -0.1) is 0 Å². The summed E-state index contributed by atoms with van der Waals surface area (Å²) >= 11 is 0. The summed E-state index contributed by atoms with van der Waals surface area (Å²) in [7, 11) is 0. The number of hydrogen-bond donors (Lipinski definition) is 0. The molecule has 1 saturated carbocycles. The van der Waals surface area contributed by atoms with Crippen LogP contribution >= 0.6 is 0 Å². The van der Waals surface area contributed by atoms with Crippen molar-refractivity contribution in [2.24, 2.45) is 17.8 Å². The first kappa shape index (κ1) is 8.10. The first-order valence-corrected chi connectivity index (χ1v) is 4.53. The van der Waals surface area contributed by atoms with E-state index in [1.807, 2.05) is 0 Å². The summed E-state index contributed by atoms with van der Waals surface area (Å²) in [6.45, 7) is 7.01. The second-order valence-electron chi connectivity index (χ2n) is 4.03. The third kappa shape index (κ3) is 2.00. The summed E-state index contributed by atoms with van der Waals surface area (Å²) in [5.74, 6) is 2.76. The largest absolute Gasteiger partial charge is 0.0625 e. The molecule has 0 saturated heterocycles. The highest BCUT2D eigenvalue weighted by molar-refractivity contribution is 4.83. The first-order chi connectivity index (χ1) is 4.70. The zero-order chi connectivity index (χ0) is 7.56. The molecule has 0 aromatic rings. The molecule has 0 aromatic carbocycles. The van der Waals surface area contributed by atoms with Crippen molar-refractivity contribution in [1.29, 1.82) is 0 Å². The predicted octanol–water partition coefficient (Wildman–Crippen LogP) is 3.28. The van der Waals surface area contributed by atoms with Gasteiger partial charge >= 0.3 is 0 Å². The summed E-state index contributed by atoms with van der Waals surface area (Å²) < 4.78 is 0. The van der Waals surface area contributed by atoms with Crippen LogP contribution in [-0.4, -0.2) is 0 Å². The molecule has 1 aliphatic carbocycles. The van der Waals surface area contributed by atoms with E-state index < -0.39 is 0 Å². The lowest BCUT2D eigenvalue weighted by Gasteiger charge is -2.28. The smallest absolute Gasteiger partial charge is 0.0355 e. The summed E-state index contributed by atoms with van der Waals surface area (Å²) in [4.78, 5) is 0. The van der Waals surface area contributed by atoms with E-state index in [9.17, 15) is 0 Å². The van der Waals surface area contributed by atoms with Gasteiger partial charge in [-0.05, 0) is 37.0 Å². The maximum Gasteiger partial charge on any atom is -0.0355 e. The van der Waals surface area contributed by atoms with E-state index in [0.717, 1.165) is 17.8 Å². The van der Waals surface area contributed by atoms with Crippen LogP contribution in [0.5, 0.6) is 0 Å². The molecule has 0 aliphatic heterocycles. The van der Waals surface area contributed by atoms with Gasteiger partial charge in [0.05, 0.1) is 0 Å². The van der Waals surface area contributed by atoms with Gasteiger partial charge in [-0.2, -0.15) is 0 Å². The van der Waals surface area contributed by atoms with Crippen LogP contribution in [0.4, 0.5) is 0 Å². The van der Waals surface area contributed by atoms with Gasteiger partial charge in [0.1, 0.15) is 0 Å². The Labute approximate surface area is 65.0 Å². The van der Waals surface area contributed by atoms with Crippen molar-refractivity contribution in [3.63, 3.8) is 0 Å². The third-order valence-corrected chi connectivity index (χ3v) is 2.78. The summed E-state index contributed by atoms with van der Waals surface area (Å²) in [6, 6.07) is 0. The normalized spacial score (nSPS) is 34.8. The molecule has 10 heavy (non-hydrogen) atoms. The van der Waals surface area contributed by atoms with Crippen LogP contribution in [0.1, 0.15) is 40.0 Å². The van der Waals surface area contributed by atoms with E-state index in [2.05, 4.69) is 27.2 Å².